The fourth-order valence-corrected chi connectivity index (χ4v) is 3.14. The number of hydrogen-bond donors (Lipinski definition) is 1. The molecule has 3 rings (SSSR count). The van der Waals surface area contributed by atoms with E-state index in [4.69, 9.17) is 0 Å². The van der Waals surface area contributed by atoms with Crippen molar-refractivity contribution in [2.45, 2.75) is 38.6 Å². The summed E-state index contributed by atoms with van der Waals surface area (Å²) >= 11 is 1.21. The lowest BCUT2D eigenvalue weighted by molar-refractivity contribution is 0.0709. The van der Waals surface area contributed by atoms with Gasteiger partial charge < -0.3 is 10.2 Å². The second-order valence-corrected chi connectivity index (χ2v) is 6.36. The second-order valence-electron chi connectivity index (χ2n) is 5.61. The van der Waals surface area contributed by atoms with Crippen molar-refractivity contribution in [3.8, 4) is 0 Å². The quantitative estimate of drug-likeness (QED) is 0.907. The SMILES string of the molecule is Cc1nnsc1C(=O)N1CCC(NCC2CC2)CC1. The summed E-state index contributed by atoms with van der Waals surface area (Å²) in [6.07, 6.45) is 4.90. The van der Waals surface area contributed by atoms with Crippen LogP contribution in [-0.4, -0.2) is 46.1 Å². The van der Waals surface area contributed by atoms with Gasteiger partial charge in [0.1, 0.15) is 4.88 Å². The molecule has 1 amide bonds. The highest BCUT2D eigenvalue weighted by atomic mass is 32.1. The van der Waals surface area contributed by atoms with Crippen LogP contribution in [0.25, 0.3) is 0 Å². The number of nitrogens with zero attached hydrogens (tertiary/aromatic N) is 3. The summed E-state index contributed by atoms with van der Waals surface area (Å²) in [5.74, 6) is 1.03. The Morgan fingerprint density at radius 1 is 1.37 bits per heavy atom. The third-order valence-corrected chi connectivity index (χ3v) is 4.84. The third-order valence-electron chi connectivity index (χ3n) is 4.02. The third kappa shape index (κ3) is 3.12. The van der Waals surface area contributed by atoms with Gasteiger partial charge in [0.05, 0.1) is 5.69 Å². The Morgan fingerprint density at radius 2 is 2.11 bits per heavy atom. The molecule has 1 aliphatic heterocycles. The minimum Gasteiger partial charge on any atom is -0.338 e. The van der Waals surface area contributed by atoms with Gasteiger partial charge in [-0.15, -0.1) is 5.10 Å². The molecule has 0 atom stereocenters. The molecule has 0 radical (unpaired) electrons. The Hall–Kier alpha value is -1.01. The first-order valence-corrected chi connectivity index (χ1v) is 7.83. The van der Waals surface area contributed by atoms with Gasteiger partial charge in [0.15, 0.2) is 0 Å². The lowest BCUT2D eigenvalue weighted by Crippen LogP contribution is -2.45. The van der Waals surface area contributed by atoms with E-state index in [1.54, 1.807) is 0 Å². The maximum Gasteiger partial charge on any atom is 0.267 e. The van der Waals surface area contributed by atoms with E-state index in [1.807, 2.05) is 11.8 Å². The van der Waals surface area contributed by atoms with Crippen molar-refractivity contribution in [3.63, 3.8) is 0 Å². The van der Waals surface area contributed by atoms with Crippen LogP contribution < -0.4 is 5.32 Å². The maximum absolute atomic E-state index is 12.3. The number of likely N-dealkylation sites (tertiary alicyclic amines) is 1. The lowest BCUT2D eigenvalue weighted by Gasteiger charge is -2.32. The molecular formula is C13H20N4OS. The molecule has 5 nitrogen and oxygen atoms in total. The highest BCUT2D eigenvalue weighted by Gasteiger charge is 2.27. The fourth-order valence-electron chi connectivity index (χ4n) is 2.51. The molecule has 1 saturated heterocycles. The minimum absolute atomic E-state index is 0.105. The maximum atomic E-state index is 12.3. The van der Waals surface area contributed by atoms with E-state index in [0.717, 1.165) is 44.1 Å². The first-order chi connectivity index (χ1) is 9.24. The van der Waals surface area contributed by atoms with Gasteiger partial charge in [0.2, 0.25) is 0 Å². The summed E-state index contributed by atoms with van der Waals surface area (Å²) in [6, 6.07) is 0.588. The van der Waals surface area contributed by atoms with Gasteiger partial charge in [-0.2, -0.15) is 0 Å². The molecular weight excluding hydrogens is 260 g/mol. The summed E-state index contributed by atoms with van der Waals surface area (Å²) in [5.41, 5.74) is 0.754. The molecule has 1 aliphatic carbocycles. The normalized spacial score (nSPS) is 20.8. The van der Waals surface area contributed by atoms with Crippen LogP contribution in [0, 0.1) is 12.8 Å². The largest absolute Gasteiger partial charge is 0.338 e. The topological polar surface area (TPSA) is 58.1 Å². The summed E-state index contributed by atoms with van der Waals surface area (Å²) in [5, 5.41) is 7.54. The summed E-state index contributed by atoms with van der Waals surface area (Å²) in [4.78, 5) is 14.9. The molecule has 104 valence electrons. The zero-order valence-corrected chi connectivity index (χ0v) is 12.1. The number of nitrogens with one attached hydrogen (secondary N) is 1. The van der Waals surface area contributed by atoms with E-state index >= 15 is 0 Å². The lowest BCUT2D eigenvalue weighted by atomic mass is 10.0. The van der Waals surface area contributed by atoms with Crippen LogP contribution in [0.5, 0.6) is 0 Å². The van der Waals surface area contributed by atoms with E-state index in [0.29, 0.717) is 10.9 Å². The summed E-state index contributed by atoms with van der Waals surface area (Å²) in [7, 11) is 0. The number of piperidine rings is 1. The number of aryl methyl sites for hydroxylation is 1. The van der Waals surface area contributed by atoms with Crippen molar-refractivity contribution >= 4 is 17.4 Å². The van der Waals surface area contributed by atoms with Gasteiger partial charge in [-0.3, -0.25) is 4.79 Å². The second kappa shape index (κ2) is 5.54. The standard InChI is InChI=1S/C13H20N4OS/c1-9-12(19-16-15-9)13(18)17-6-4-11(5-7-17)14-8-10-2-3-10/h10-11,14H,2-8H2,1H3. The molecule has 1 saturated carbocycles. The van der Waals surface area contributed by atoms with Crippen LogP contribution in [0.15, 0.2) is 0 Å². The zero-order chi connectivity index (χ0) is 13.2. The summed E-state index contributed by atoms with van der Waals surface area (Å²) < 4.78 is 3.84. The molecule has 0 bridgehead atoms. The Morgan fingerprint density at radius 3 is 2.68 bits per heavy atom. The first-order valence-electron chi connectivity index (χ1n) is 7.05. The van der Waals surface area contributed by atoms with Crippen LogP contribution in [0.2, 0.25) is 0 Å². The van der Waals surface area contributed by atoms with Gasteiger partial charge in [-0.05, 0) is 56.6 Å². The molecule has 2 fully saturated rings. The molecule has 2 aliphatic rings. The molecule has 0 unspecified atom stereocenters. The number of carbonyl (C=O) groups is 1. The Bertz CT molecular complexity index is 449. The van der Waals surface area contributed by atoms with E-state index in [1.165, 1.54) is 24.4 Å². The average molecular weight is 280 g/mol. The van der Waals surface area contributed by atoms with Crippen LogP contribution in [0.3, 0.4) is 0 Å². The van der Waals surface area contributed by atoms with E-state index in [9.17, 15) is 4.79 Å². The van der Waals surface area contributed by atoms with Crippen molar-refractivity contribution < 1.29 is 4.79 Å². The number of hydrogen-bond acceptors (Lipinski definition) is 5. The summed E-state index contributed by atoms with van der Waals surface area (Å²) in [6.45, 7) is 4.70. The van der Waals surface area contributed by atoms with Crippen LogP contribution in [0.4, 0.5) is 0 Å². The fraction of sp³-hybridized carbons (Fsp3) is 0.769. The molecule has 6 heteroatoms. The van der Waals surface area contributed by atoms with Gasteiger partial charge >= 0.3 is 0 Å². The molecule has 2 heterocycles. The first kappa shape index (κ1) is 13.0. The Balaban J connectivity index is 1.49. The minimum atomic E-state index is 0.105. The van der Waals surface area contributed by atoms with Crippen molar-refractivity contribution in [1.82, 2.24) is 19.8 Å². The van der Waals surface area contributed by atoms with Crippen molar-refractivity contribution in [3.05, 3.63) is 10.6 Å². The van der Waals surface area contributed by atoms with E-state index < -0.39 is 0 Å². The molecule has 1 aromatic heterocycles. The predicted molar refractivity (Wildman–Crippen MR) is 74.3 cm³/mol. The van der Waals surface area contributed by atoms with Crippen LogP contribution in [0.1, 0.15) is 41.0 Å². The highest BCUT2D eigenvalue weighted by Crippen LogP contribution is 2.28. The number of carbonyl (C=O) groups excluding carboxylic acids is 1. The molecule has 1 N–H and O–H groups in total. The zero-order valence-electron chi connectivity index (χ0n) is 11.3. The smallest absolute Gasteiger partial charge is 0.267 e. The Labute approximate surface area is 117 Å². The van der Waals surface area contributed by atoms with Gasteiger partial charge in [0, 0.05) is 19.1 Å². The number of rotatable bonds is 4. The van der Waals surface area contributed by atoms with Crippen molar-refractivity contribution in [1.29, 1.82) is 0 Å². The van der Waals surface area contributed by atoms with Crippen LogP contribution in [-0.2, 0) is 0 Å². The van der Waals surface area contributed by atoms with Gasteiger partial charge in [-0.1, -0.05) is 4.49 Å². The molecule has 19 heavy (non-hydrogen) atoms. The number of aromatic nitrogens is 2. The van der Waals surface area contributed by atoms with Gasteiger partial charge in [-0.25, -0.2) is 0 Å². The van der Waals surface area contributed by atoms with Crippen LogP contribution >= 0.6 is 11.5 Å². The molecule has 0 spiro atoms. The predicted octanol–water partition coefficient (Wildman–Crippen LogP) is 1.45. The van der Waals surface area contributed by atoms with E-state index in [-0.39, 0.29) is 5.91 Å². The van der Waals surface area contributed by atoms with Crippen molar-refractivity contribution in [2.75, 3.05) is 19.6 Å². The molecule has 1 aromatic rings. The molecule has 0 aromatic carbocycles. The van der Waals surface area contributed by atoms with E-state index in [2.05, 4.69) is 14.9 Å². The highest BCUT2D eigenvalue weighted by molar-refractivity contribution is 7.07. The Kier molecular flexibility index (Phi) is 3.79. The van der Waals surface area contributed by atoms with Gasteiger partial charge in [0.25, 0.3) is 5.91 Å². The number of amides is 1. The average Bonchev–Trinajstić information content (AvgIpc) is 3.17. The van der Waals surface area contributed by atoms with Crippen molar-refractivity contribution in [2.24, 2.45) is 5.92 Å². The monoisotopic (exact) mass is 280 g/mol.